The van der Waals surface area contributed by atoms with Crippen LogP contribution in [0.25, 0.3) is 0 Å². The Hall–Kier alpha value is -2.00. The third kappa shape index (κ3) is 4.16. The van der Waals surface area contributed by atoms with Gasteiger partial charge >= 0.3 is 5.97 Å². The molecule has 0 N–H and O–H groups in total. The summed E-state index contributed by atoms with van der Waals surface area (Å²) in [6.07, 6.45) is 4.98. The minimum atomic E-state index is -0.458. The molecular formula is C19H22N2O3S. The number of benzene rings is 1. The molecule has 5 nitrogen and oxygen atoms in total. The Morgan fingerprint density at radius 1 is 1.24 bits per heavy atom. The molecule has 0 aromatic heterocycles. The first-order chi connectivity index (χ1) is 12.1. The summed E-state index contributed by atoms with van der Waals surface area (Å²) in [4.78, 5) is 27.6. The van der Waals surface area contributed by atoms with Gasteiger partial charge < -0.3 is 4.74 Å². The summed E-state index contributed by atoms with van der Waals surface area (Å²) < 4.78 is 5.19. The summed E-state index contributed by atoms with van der Waals surface area (Å²) in [7, 11) is 0. The van der Waals surface area contributed by atoms with Crippen LogP contribution in [-0.2, 0) is 14.3 Å². The number of carbonyl (C=O) groups is 2. The van der Waals surface area contributed by atoms with Gasteiger partial charge in [-0.2, -0.15) is 5.26 Å². The Morgan fingerprint density at radius 2 is 1.92 bits per heavy atom. The van der Waals surface area contributed by atoms with E-state index in [9.17, 15) is 14.9 Å². The van der Waals surface area contributed by atoms with Crippen LogP contribution in [0.1, 0.15) is 32.6 Å². The highest BCUT2D eigenvalue weighted by Crippen LogP contribution is 2.43. The Balaban J connectivity index is 1.74. The predicted octanol–water partition coefficient (Wildman–Crippen LogP) is 3.21. The zero-order chi connectivity index (χ0) is 17.8. The highest BCUT2D eigenvalue weighted by Gasteiger charge is 2.47. The molecule has 1 aromatic rings. The minimum absolute atomic E-state index is 0.0289. The lowest BCUT2D eigenvalue weighted by Crippen LogP contribution is -2.38. The van der Waals surface area contributed by atoms with Crippen LogP contribution in [0.15, 0.2) is 35.2 Å². The Bertz CT molecular complexity index is 669. The zero-order valence-electron chi connectivity index (χ0n) is 14.3. The molecule has 3 atom stereocenters. The standard InChI is InChI=1S/C19H22N2O3S/c1-2-24-19(23)17-11-15(25-14-6-4-3-5-7-14)10-16(17)18(22)21(12-20)13-8-9-13/h3-7,13,15-17H,2,8-11H2,1H3. The maximum atomic E-state index is 12.9. The molecule has 25 heavy (non-hydrogen) atoms. The van der Waals surface area contributed by atoms with Gasteiger partial charge in [-0.05, 0) is 44.7 Å². The lowest BCUT2D eigenvalue weighted by Gasteiger charge is -2.21. The van der Waals surface area contributed by atoms with Gasteiger partial charge in [0.25, 0.3) is 0 Å². The molecule has 0 spiro atoms. The number of hydrogen-bond acceptors (Lipinski definition) is 5. The highest BCUT2D eigenvalue weighted by atomic mass is 32.2. The molecule has 0 saturated heterocycles. The molecular weight excluding hydrogens is 336 g/mol. The van der Waals surface area contributed by atoms with Crippen LogP contribution in [0, 0.1) is 23.3 Å². The number of rotatable bonds is 6. The van der Waals surface area contributed by atoms with Crippen LogP contribution in [0.3, 0.4) is 0 Å². The monoisotopic (exact) mass is 358 g/mol. The molecule has 1 amide bonds. The number of hydrogen-bond donors (Lipinski definition) is 0. The van der Waals surface area contributed by atoms with E-state index in [0.29, 0.717) is 19.4 Å². The maximum absolute atomic E-state index is 12.9. The van der Waals surface area contributed by atoms with E-state index < -0.39 is 11.8 Å². The summed E-state index contributed by atoms with van der Waals surface area (Å²) in [5.41, 5.74) is 0. The summed E-state index contributed by atoms with van der Waals surface area (Å²) in [5, 5.41) is 9.50. The van der Waals surface area contributed by atoms with Crippen molar-refractivity contribution in [1.29, 1.82) is 5.26 Å². The van der Waals surface area contributed by atoms with Crippen molar-refractivity contribution in [2.45, 2.75) is 48.8 Å². The summed E-state index contributed by atoms with van der Waals surface area (Å²) in [6, 6.07) is 10.0. The van der Waals surface area contributed by atoms with Crippen molar-refractivity contribution in [3.8, 4) is 6.19 Å². The van der Waals surface area contributed by atoms with Crippen molar-refractivity contribution >= 4 is 23.6 Å². The second-order valence-corrected chi connectivity index (χ2v) is 7.90. The number of nitriles is 1. The second-order valence-electron chi connectivity index (χ2n) is 6.53. The van der Waals surface area contributed by atoms with Crippen molar-refractivity contribution in [3.63, 3.8) is 0 Å². The molecule has 2 aliphatic carbocycles. The van der Waals surface area contributed by atoms with E-state index in [1.165, 1.54) is 4.90 Å². The lowest BCUT2D eigenvalue weighted by atomic mass is 9.94. The van der Waals surface area contributed by atoms with Crippen molar-refractivity contribution in [1.82, 2.24) is 4.90 Å². The van der Waals surface area contributed by atoms with Crippen molar-refractivity contribution in [3.05, 3.63) is 30.3 Å². The Kier molecular flexibility index (Phi) is 5.64. The SMILES string of the molecule is CCOC(=O)C1CC(Sc2ccccc2)CC1C(=O)N(C#N)C1CC1. The van der Waals surface area contributed by atoms with Gasteiger partial charge in [0, 0.05) is 16.2 Å². The molecule has 1 aromatic carbocycles. The predicted molar refractivity (Wildman–Crippen MR) is 94.4 cm³/mol. The number of amides is 1. The molecule has 0 heterocycles. The number of thioether (sulfide) groups is 1. The van der Waals surface area contributed by atoms with E-state index in [1.54, 1.807) is 18.7 Å². The Morgan fingerprint density at radius 3 is 2.52 bits per heavy atom. The first-order valence-corrected chi connectivity index (χ1v) is 9.63. The lowest BCUT2D eigenvalue weighted by molar-refractivity contribution is -0.153. The average molecular weight is 358 g/mol. The number of nitrogens with zero attached hydrogens (tertiary/aromatic N) is 2. The summed E-state index contributed by atoms with van der Waals surface area (Å²) >= 11 is 1.69. The molecule has 132 valence electrons. The summed E-state index contributed by atoms with van der Waals surface area (Å²) in [5.74, 6) is -1.44. The fourth-order valence-electron chi connectivity index (χ4n) is 3.38. The molecule has 0 aliphatic heterocycles. The van der Waals surface area contributed by atoms with Gasteiger partial charge in [-0.3, -0.25) is 9.59 Å². The third-order valence-corrected chi connectivity index (χ3v) is 5.99. The molecule has 0 bridgehead atoms. The van der Waals surface area contributed by atoms with E-state index in [0.717, 1.165) is 17.7 Å². The number of carbonyl (C=O) groups excluding carboxylic acids is 2. The van der Waals surface area contributed by atoms with Gasteiger partial charge in [0.15, 0.2) is 6.19 Å². The van der Waals surface area contributed by atoms with Crippen LogP contribution in [-0.4, -0.2) is 34.7 Å². The first-order valence-electron chi connectivity index (χ1n) is 8.75. The fourth-order valence-corrected chi connectivity index (χ4v) is 4.69. The molecule has 2 saturated carbocycles. The van der Waals surface area contributed by atoms with Gasteiger partial charge in [0.1, 0.15) is 0 Å². The van der Waals surface area contributed by atoms with E-state index in [4.69, 9.17) is 4.74 Å². The van der Waals surface area contributed by atoms with Gasteiger partial charge in [-0.25, -0.2) is 4.90 Å². The third-order valence-electron chi connectivity index (χ3n) is 4.73. The van der Waals surface area contributed by atoms with Crippen molar-refractivity contribution in [2.75, 3.05) is 6.61 Å². The molecule has 3 rings (SSSR count). The number of ether oxygens (including phenoxy) is 1. The smallest absolute Gasteiger partial charge is 0.309 e. The normalized spacial score (nSPS) is 25.2. The molecule has 3 unspecified atom stereocenters. The van der Waals surface area contributed by atoms with E-state index in [-0.39, 0.29) is 23.2 Å². The average Bonchev–Trinajstić information content (AvgIpc) is 3.36. The first kappa shape index (κ1) is 17.8. The van der Waals surface area contributed by atoms with E-state index >= 15 is 0 Å². The minimum Gasteiger partial charge on any atom is -0.466 e. The fraction of sp³-hybridized carbons (Fsp3) is 0.526. The van der Waals surface area contributed by atoms with E-state index in [1.807, 2.05) is 36.5 Å². The van der Waals surface area contributed by atoms with Crippen LogP contribution >= 0.6 is 11.8 Å². The van der Waals surface area contributed by atoms with Crippen LogP contribution in [0.4, 0.5) is 0 Å². The quantitative estimate of drug-likeness (QED) is 0.444. The van der Waals surface area contributed by atoms with Crippen LogP contribution in [0.5, 0.6) is 0 Å². The molecule has 6 heteroatoms. The molecule has 2 fully saturated rings. The second kappa shape index (κ2) is 7.92. The largest absolute Gasteiger partial charge is 0.466 e. The Labute approximate surface area is 152 Å². The van der Waals surface area contributed by atoms with Crippen LogP contribution in [0.2, 0.25) is 0 Å². The van der Waals surface area contributed by atoms with E-state index in [2.05, 4.69) is 0 Å². The molecule has 0 radical (unpaired) electrons. The van der Waals surface area contributed by atoms with Gasteiger partial charge in [-0.1, -0.05) is 18.2 Å². The topological polar surface area (TPSA) is 70.4 Å². The van der Waals surface area contributed by atoms with Crippen molar-refractivity contribution < 1.29 is 14.3 Å². The van der Waals surface area contributed by atoms with Crippen LogP contribution < -0.4 is 0 Å². The molecule has 2 aliphatic rings. The van der Waals surface area contributed by atoms with Gasteiger partial charge in [0.05, 0.1) is 18.4 Å². The maximum Gasteiger partial charge on any atom is 0.309 e. The zero-order valence-corrected chi connectivity index (χ0v) is 15.1. The van der Waals surface area contributed by atoms with Crippen molar-refractivity contribution in [2.24, 2.45) is 11.8 Å². The highest BCUT2D eigenvalue weighted by molar-refractivity contribution is 8.00. The van der Waals surface area contributed by atoms with Gasteiger partial charge in [0.2, 0.25) is 5.91 Å². The summed E-state index contributed by atoms with van der Waals surface area (Å²) in [6.45, 7) is 2.07. The van der Waals surface area contributed by atoms with Gasteiger partial charge in [-0.15, -0.1) is 11.8 Å². The number of esters is 1.